The van der Waals surface area contributed by atoms with Gasteiger partial charge in [-0.2, -0.15) is 10.4 Å². The number of para-hydroxylation sites is 1. The van der Waals surface area contributed by atoms with Gasteiger partial charge in [0.25, 0.3) is 0 Å². The summed E-state index contributed by atoms with van der Waals surface area (Å²) in [5.74, 6) is 0.212. The van der Waals surface area contributed by atoms with Gasteiger partial charge in [-0.05, 0) is 12.1 Å². The second kappa shape index (κ2) is 6.71. The molecule has 2 aromatic rings. The molecule has 0 aliphatic heterocycles. The predicted octanol–water partition coefficient (Wildman–Crippen LogP) is 2.09. The second-order valence-electron chi connectivity index (χ2n) is 3.38. The Kier molecular flexibility index (Phi) is 5.27. The van der Waals surface area contributed by atoms with E-state index in [1.165, 1.54) is 10.9 Å². The highest BCUT2D eigenvalue weighted by molar-refractivity contribution is 7.84. The highest BCUT2D eigenvalue weighted by Gasteiger charge is 2.18. The summed E-state index contributed by atoms with van der Waals surface area (Å²) in [7, 11) is -1.34. The van der Waals surface area contributed by atoms with E-state index in [0.717, 1.165) is 5.69 Å². The third-order valence-corrected chi connectivity index (χ3v) is 3.10. The van der Waals surface area contributed by atoms with Crippen molar-refractivity contribution in [3.63, 3.8) is 0 Å². The molecule has 100 valence electrons. The highest BCUT2D eigenvalue weighted by Crippen LogP contribution is 2.21. The molecule has 1 aromatic carbocycles. The van der Waals surface area contributed by atoms with Crippen LogP contribution >= 0.6 is 0 Å². The topological polar surface area (TPSA) is 84.7 Å². The fourth-order valence-electron chi connectivity index (χ4n) is 1.48. The number of aromatic nitrogens is 2. The largest absolute Gasteiger partial charge is 0.382 e. The Labute approximate surface area is 115 Å². The van der Waals surface area contributed by atoms with Gasteiger partial charge in [0.1, 0.15) is 17.5 Å². The van der Waals surface area contributed by atoms with Gasteiger partial charge in [-0.3, -0.25) is 4.21 Å². The molecule has 0 saturated heterocycles. The molecule has 1 aromatic heterocycles. The molecule has 0 aliphatic carbocycles. The van der Waals surface area contributed by atoms with Crippen LogP contribution in [0.25, 0.3) is 5.69 Å². The SMILES string of the molecule is CC.CS(=O)c1nn(-c2ccccc2)c(N)c1C#N. The van der Waals surface area contributed by atoms with Crippen molar-refractivity contribution >= 4 is 16.6 Å². The van der Waals surface area contributed by atoms with Gasteiger partial charge < -0.3 is 5.73 Å². The fraction of sp³-hybridized carbons (Fsp3) is 0.231. The molecule has 0 spiro atoms. The number of hydrogen-bond donors (Lipinski definition) is 1. The lowest BCUT2D eigenvalue weighted by Gasteiger charge is -2.02. The van der Waals surface area contributed by atoms with Crippen molar-refractivity contribution in [1.29, 1.82) is 5.26 Å². The number of hydrogen-bond acceptors (Lipinski definition) is 4. The van der Waals surface area contributed by atoms with Crippen LogP contribution in [0.2, 0.25) is 0 Å². The van der Waals surface area contributed by atoms with Crippen molar-refractivity contribution in [3.05, 3.63) is 35.9 Å². The smallest absolute Gasteiger partial charge is 0.169 e. The van der Waals surface area contributed by atoms with Crippen LogP contribution in [0.3, 0.4) is 0 Å². The summed E-state index contributed by atoms with van der Waals surface area (Å²) in [6.07, 6.45) is 1.47. The number of nitrogens with two attached hydrogens (primary N) is 1. The minimum atomic E-state index is -1.34. The molecular weight excluding hydrogens is 260 g/mol. The van der Waals surface area contributed by atoms with Crippen molar-refractivity contribution in [2.45, 2.75) is 18.9 Å². The molecule has 6 heteroatoms. The standard InChI is InChI=1S/C11H10N4OS.C2H6/c1-17(16)11-9(7-12)10(13)15(14-11)8-5-3-2-4-6-8;1-2/h2-6H,13H2,1H3;1-2H3. The molecule has 1 heterocycles. The van der Waals surface area contributed by atoms with Crippen LogP contribution in [0.5, 0.6) is 0 Å². The van der Waals surface area contributed by atoms with E-state index in [1.807, 2.05) is 50.2 Å². The van der Waals surface area contributed by atoms with Gasteiger partial charge in [0.2, 0.25) is 0 Å². The van der Waals surface area contributed by atoms with Crippen LogP contribution in [0.4, 0.5) is 5.82 Å². The molecule has 19 heavy (non-hydrogen) atoms. The van der Waals surface area contributed by atoms with E-state index < -0.39 is 10.8 Å². The zero-order valence-corrected chi connectivity index (χ0v) is 11.9. The van der Waals surface area contributed by atoms with E-state index >= 15 is 0 Å². The van der Waals surface area contributed by atoms with Gasteiger partial charge in [-0.25, -0.2) is 4.68 Å². The van der Waals surface area contributed by atoms with E-state index in [9.17, 15) is 4.21 Å². The van der Waals surface area contributed by atoms with E-state index in [4.69, 9.17) is 11.0 Å². The van der Waals surface area contributed by atoms with Gasteiger partial charge in [0, 0.05) is 6.26 Å². The van der Waals surface area contributed by atoms with Crippen molar-refractivity contribution < 1.29 is 4.21 Å². The molecule has 2 rings (SSSR count). The third-order valence-electron chi connectivity index (χ3n) is 2.27. The summed E-state index contributed by atoms with van der Waals surface area (Å²) < 4.78 is 12.9. The average molecular weight is 276 g/mol. The maximum Gasteiger partial charge on any atom is 0.169 e. The molecule has 0 bridgehead atoms. The summed E-state index contributed by atoms with van der Waals surface area (Å²) >= 11 is 0. The van der Waals surface area contributed by atoms with E-state index in [0.29, 0.717) is 0 Å². The zero-order valence-electron chi connectivity index (χ0n) is 11.1. The summed E-state index contributed by atoms with van der Waals surface area (Å²) in [4.78, 5) is 0. The summed E-state index contributed by atoms with van der Waals surface area (Å²) in [6.45, 7) is 4.00. The van der Waals surface area contributed by atoms with Crippen LogP contribution in [-0.4, -0.2) is 20.2 Å². The Morgan fingerprint density at radius 2 is 1.89 bits per heavy atom. The van der Waals surface area contributed by atoms with Gasteiger partial charge in [0.15, 0.2) is 5.03 Å². The first kappa shape index (κ1) is 14.9. The van der Waals surface area contributed by atoms with E-state index in [1.54, 1.807) is 0 Å². The third kappa shape index (κ3) is 3.01. The molecule has 5 nitrogen and oxygen atoms in total. The van der Waals surface area contributed by atoms with Crippen molar-refractivity contribution in [2.75, 3.05) is 12.0 Å². The Morgan fingerprint density at radius 1 is 1.32 bits per heavy atom. The first-order chi connectivity index (χ1) is 9.15. The summed E-state index contributed by atoms with van der Waals surface area (Å²) in [6, 6.07) is 11.1. The summed E-state index contributed by atoms with van der Waals surface area (Å²) in [5.41, 5.74) is 6.74. The molecule has 2 N–H and O–H groups in total. The Hall–Kier alpha value is -2.13. The molecule has 1 atom stereocenters. The van der Waals surface area contributed by atoms with Crippen LogP contribution in [-0.2, 0) is 10.8 Å². The van der Waals surface area contributed by atoms with Crippen LogP contribution in [0, 0.1) is 11.3 Å². The Balaban J connectivity index is 0.000000861. The fourth-order valence-corrected chi connectivity index (χ4v) is 2.12. The zero-order chi connectivity index (χ0) is 14.4. The number of nitrogens with zero attached hydrogens (tertiary/aromatic N) is 3. The first-order valence-electron chi connectivity index (χ1n) is 5.82. The Bertz CT molecular complexity index is 614. The van der Waals surface area contributed by atoms with Crippen molar-refractivity contribution in [3.8, 4) is 11.8 Å². The minimum absolute atomic E-state index is 0.176. The van der Waals surface area contributed by atoms with Gasteiger partial charge in [0.05, 0.1) is 16.5 Å². The first-order valence-corrected chi connectivity index (χ1v) is 7.38. The maximum absolute atomic E-state index is 11.5. The van der Waals surface area contributed by atoms with Crippen LogP contribution < -0.4 is 5.73 Å². The number of nitriles is 1. The number of benzene rings is 1. The molecule has 0 saturated carbocycles. The monoisotopic (exact) mass is 276 g/mol. The van der Waals surface area contributed by atoms with Crippen molar-refractivity contribution in [1.82, 2.24) is 9.78 Å². The molecule has 0 fully saturated rings. The lowest BCUT2D eigenvalue weighted by atomic mass is 10.3. The average Bonchev–Trinajstić information content (AvgIpc) is 2.79. The lowest BCUT2D eigenvalue weighted by molar-refractivity contribution is 0.681. The van der Waals surface area contributed by atoms with Crippen LogP contribution in [0.1, 0.15) is 19.4 Å². The van der Waals surface area contributed by atoms with Crippen molar-refractivity contribution in [2.24, 2.45) is 0 Å². The molecule has 1 unspecified atom stereocenters. The minimum Gasteiger partial charge on any atom is -0.382 e. The lowest BCUT2D eigenvalue weighted by Crippen LogP contribution is -2.02. The van der Waals surface area contributed by atoms with Crippen LogP contribution in [0.15, 0.2) is 35.4 Å². The van der Waals surface area contributed by atoms with E-state index in [2.05, 4.69) is 5.10 Å². The number of rotatable bonds is 2. The molecule has 0 amide bonds. The van der Waals surface area contributed by atoms with Gasteiger partial charge >= 0.3 is 0 Å². The number of anilines is 1. The number of nitrogen functional groups attached to an aromatic ring is 1. The quantitative estimate of drug-likeness (QED) is 0.910. The van der Waals surface area contributed by atoms with Gasteiger partial charge in [-0.1, -0.05) is 32.0 Å². The maximum atomic E-state index is 11.5. The normalized spacial score (nSPS) is 11.1. The van der Waals surface area contributed by atoms with E-state index in [-0.39, 0.29) is 16.4 Å². The Morgan fingerprint density at radius 3 is 2.32 bits per heavy atom. The second-order valence-corrected chi connectivity index (χ2v) is 4.67. The highest BCUT2D eigenvalue weighted by atomic mass is 32.2. The predicted molar refractivity (Wildman–Crippen MR) is 76.4 cm³/mol. The van der Waals surface area contributed by atoms with Gasteiger partial charge in [-0.15, -0.1) is 0 Å². The molecular formula is C13H16N4OS. The molecule has 0 aliphatic rings. The molecule has 0 radical (unpaired) electrons. The summed E-state index contributed by atoms with van der Waals surface area (Å²) in [5, 5.41) is 13.3.